The monoisotopic (exact) mass is 389 g/mol. The van der Waals surface area contributed by atoms with E-state index in [4.69, 9.17) is 4.74 Å². The van der Waals surface area contributed by atoms with Gasteiger partial charge in [-0.3, -0.25) is 4.68 Å². The second-order valence-corrected chi connectivity index (χ2v) is 7.34. The number of aryl methyl sites for hydroxylation is 2. The van der Waals surface area contributed by atoms with Crippen LogP contribution in [0.1, 0.15) is 45.6 Å². The minimum atomic E-state index is -0.954. The summed E-state index contributed by atoms with van der Waals surface area (Å²) >= 11 is 0. The van der Waals surface area contributed by atoms with Crippen LogP contribution in [0.3, 0.4) is 0 Å². The van der Waals surface area contributed by atoms with Gasteiger partial charge >= 0.3 is 5.97 Å². The number of nitrogens with one attached hydrogen (secondary N) is 1. The molecule has 0 spiro atoms. The van der Waals surface area contributed by atoms with E-state index in [1.165, 1.54) is 0 Å². The summed E-state index contributed by atoms with van der Waals surface area (Å²) in [6.45, 7) is 4.07. The number of anilines is 1. The Kier molecular flexibility index (Phi) is 4.84. The first-order chi connectivity index (χ1) is 13.9. The Hall–Kier alpha value is -3.54. The first-order valence-electron chi connectivity index (χ1n) is 9.51. The number of carboxylic acid groups (broad SMARTS) is 1. The maximum absolute atomic E-state index is 11.5. The highest BCUT2D eigenvalue weighted by molar-refractivity contribution is 5.94. The van der Waals surface area contributed by atoms with Gasteiger partial charge in [0.15, 0.2) is 0 Å². The van der Waals surface area contributed by atoms with E-state index in [-0.39, 0.29) is 11.6 Å². The second kappa shape index (κ2) is 7.47. The molecule has 6 nitrogen and oxygen atoms in total. The Morgan fingerprint density at radius 2 is 2.10 bits per heavy atom. The molecule has 4 rings (SSSR count). The maximum Gasteiger partial charge on any atom is 0.337 e. The SMILES string of the molecule is Cc1cc2c(c(C(C)Nc3ccccc3C(=O)O)c1)OC(c1cnn(C)c1)=CC2. The quantitative estimate of drug-likeness (QED) is 0.668. The summed E-state index contributed by atoms with van der Waals surface area (Å²) in [4.78, 5) is 11.5. The van der Waals surface area contributed by atoms with Crippen molar-refractivity contribution in [3.8, 4) is 5.75 Å². The van der Waals surface area contributed by atoms with Crippen molar-refractivity contribution in [3.05, 3.63) is 82.7 Å². The summed E-state index contributed by atoms with van der Waals surface area (Å²) in [5, 5.41) is 17.0. The molecule has 2 aromatic carbocycles. The molecule has 148 valence electrons. The van der Waals surface area contributed by atoms with E-state index in [1.807, 2.05) is 26.2 Å². The van der Waals surface area contributed by atoms with Crippen molar-refractivity contribution in [2.24, 2.45) is 7.05 Å². The number of hydrogen-bond donors (Lipinski definition) is 2. The van der Waals surface area contributed by atoms with Crippen LogP contribution in [0.4, 0.5) is 5.69 Å². The molecular formula is C23H23N3O3. The zero-order valence-corrected chi connectivity index (χ0v) is 16.6. The fraction of sp³-hybridized carbons (Fsp3) is 0.217. The zero-order chi connectivity index (χ0) is 20.5. The van der Waals surface area contributed by atoms with Gasteiger partial charge in [0, 0.05) is 24.5 Å². The molecule has 1 aromatic heterocycles. The van der Waals surface area contributed by atoms with Crippen LogP contribution in [-0.2, 0) is 13.5 Å². The van der Waals surface area contributed by atoms with Gasteiger partial charge in [-0.1, -0.05) is 29.8 Å². The standard InChI is InChI=1S/C23H23N3O3/c1-14-10-16-8-9-21(17-12-24-26(3)13-17)29-22(16)19(11-14)15(2)25-20-7-5-4-6-18(20)23(27)28/h4-7,9-13,15,25H,8H2,1-3H3,(H,27,28). The number of allylic oxidation sites excluding steroid dienone is 1. The van der Waals surface area contributed by atoms with Crippen LogP contribution >= 0.6 is 0 Å². The molecule has 1 aliphatic rings. The average Bonchev–Trinajstić information content (AvgIpc) is 3.13. The first-order valence-corrected chi connectivity index (χ1v) is 9.51. The third kappa shape index (κ3) is 3.74. The number of para-hydroxylation sites is 1. The molecule has 0 amide bonds. The molecule has 0 saturated carbocycles. The van der Waals surface area contributed by atoms with Crippen LogP contribution in [0, 0.1) is 6.92 Å². The largest absolute Gasteiger partial charge is 0.478 e. The predicted molar refractivity (Wildman–Crippen MR) is 112 cm³/mol. The molecule has 2 N–H and O–H groups in total. The molecular weight excluding hydrogens is 366 g/mol. The number of hydrogen-bond acceptors (Lipinski definition) is 4. The number of aromatic carboxylic acids is 1. The number of rotatable bonds is 5. The van der Waals surface area contributed by atoms with Crippen LogP contribution in [0.5, 0.6) is 5.75 Å². The number of aromatic nitrogens is 2. The Labute approximate surface area is 169 Å². The van der Waals surface area contributed by atoms with Crippen LogP contribution in [0.2, 0.25) is 0 Å². The highest BCUT2D eigenvalue weighted by Crippen LogP contribution is 2.38. The van der Waals surface area contributed by atoms with E-state index in [0.717, 1.165) is 40.2 Å². The lowest BCUT2D eigenvalue weighted by Gasteiger charge is -2.25. The second-order valence-electron chi connectivity index (χ2n) is 7.34. The lowest BCUT2D eigenvalue weighted by molar-refractivity contribution is 0.0698. The molecule has 3 aromatic rings. The van der Waals surface area contributed by atoms with Crippen molar-refractivity contribution in [1.29, 1.82) is 0 Å². The highest BCUT2D eigenvalue weighted by Gasteiger charge is 2.23. The number of nitrogens with zero attached hydrogens (tertiary/aromatic N) is 2. The Balaban J connectivity index is 1.68. The van der Waals surface area contributed by atoms with Gasteiger partial charge in [0.1, 0.15) is 11.5 Å². The Bertz CT molecular complexity index is 1110. The van der Waals surface area contributed by atoms with Crippen LogP contribution in [0.25, 0.3) is 5.76 Å². The molecule has 6 heteroatoms. The highest BCUT2D eigenvalue weighted by atomic mass is 16.5. The lowest BCUT2D eigenvalue weighted by Crippen LogP contribution is -2.14. The predicted octanol–water partition coefficient (Wildman–Crippen LogP) is 4.58. The lowest BCUT2D eigenvalue weighted by atomic mass is 9.96. The molecule has 0 saturated heterocycles. The molecule has 0 aliphatic carbocycles. The van der Waals surface area contributed by atoms with Gasteiger partial charge in [-0.25, -0.2) is 4.79 Å². The average molecular weight is 389 g/mol. The zero-order valence-electron chi connectivity index (χ0n) is 16.6. The van der Waals surface area contributed by atoms with Gasteiger partial charge in [-0.05, 0) is 44.0 Å². The third-order valence-corrected chi connectivity index (χ3v) is 5.04. The molecule has 1 atom stereocenters. The van der Waals surface area contributed by atoms with Crippen LogP contribution < -0.4 is 10.1 Å². The summed E-state index contributed by atoms with van der Waals surface area (Å²) in [6, 6.07) is 11.0. The number of fused-ring (bicyclic) bond motifs is 1. The van der Waals surface area contributed by atoms with Gasteiger partial charge in [0.25, 0.3) is 0 Å². The van der Waals surface area contributed by atoms with Gasteiger partial charge in [-0.2, -0.15) is 5.10 Å². The molecule has 1 aliphatic heterocycles. The smallest absolute Gasteiger partial charge is 0.337 e. The van der Waals surface area contributed by atoms with Crippen LogP contribution in [-0.4, -0.2) is 20.9 Å². The summed E-state index contributed by atoms with van der Waals surface area (Å²) < 4.78 is 8.05. The van der Waals surface area contributed by atoms with E-state index in [0.29, 0.717) is 5.69 Å². The summed E-state index contributed by atoms with van der Waals surface area (Å²) in [7, 11) is 1.88. The minimum Gasteiger partial charge on any atom is -0.478 e. The Morgan fingerprint density at radius 1 is 1.31 bits per heavy atom. The van der Waals surface area contributed by atoms with E-state index < -0.39 is 5.97 Å². The van der Waals surface area contributed by atoms with E-state index in [2.05, 4.69) is 35.5 Å². The maximum atomic E-state index is 11.5. The molecule has 2 heterocycles. The molecule has 0 fully saturated rings. The molecule has 0 radical (unpaired) electrons. The molecule has 29 heavy (non-hydrogen) atoms. The topological polar surface area (TPSA) is 76.4 Å². The van der Waals surface area contributed by atoms with Gasteiger partial charge in [0.2, 0.25) is 0 Å². The number of ether oxygens (including phenoxy) is 1. The fourth-order valence-electron chi connectivity index (χ4n) is 3.66. The van der Waals surface area contributed by atoms with E-state index in [1.54, 1.807) is 29.1 Å². The van der Waals surface area contributed by atoms with Gasteiger partial charge < -0.3 is 15.2 Å². The van der Waals surface area contributed by atoms with Crippen molar-refractivity contribution in [2.45, 2.75) is 26.3 Å². The fourth-order valence-corrected chi connectivity index (χ4v) is 3.66. The van der Waals surface area contributed by atoms with Crippen molar-refractivity contribution >= 4 is 17.4 Å². The molecule has 0 bridgehead atoms. The van der Waals surface area contributed by atoms with E-state index in [9.17, 15) is 9.90 Å². The number of benzene rings is 2. The Morgan fingerprint density at radius 3 is 2.83 bits per heavy atom. The minimum absolute atomic E-state index is 0.141. The normalized spacial score (nSPS) is 13.8. The van der Waals surface area contributed by atoms with Crippen molar-refractivity contribution < 1.29 is 14.6 Å². The van der Waals surface area contributed by atoms with Crippen molar-refractivity contribution in [3.63, 3.8) is 0 Å². The first kappa shape index (κ1) is 18.8. The van der Waals surface area contributed by atoms with E-state index >= 15 is 0 Å². The number of carboxylic acids is 1. The van der Waals surface area contributed by atoms with Gasteiger partial charge in [0.05, 0.1) is 23.4 Å². The van der Waals surface area contributed by atoms with Crippen molar-refractivity contribution in [1.82, 2.24) is 9.78 Å². The molecule has 1 unspecified atom stereocenters. The van der Waals surface area contributed by atoms with Crippen molar-refractivity contribution in [2.75, 3.05) is 5.32 Å². The summed E-state index contributed by atoms with van der Waals surface area (Å²) in [6.07, 6.45) is 6.55. The van der Waals surface area contributed by atoms with Gasteiger partial charge in [-0.15, -0.1) is 0 Å². The summed E-state index contributed by atoms with van der Waals surface area (Å²) in [5.41, 5.74) is 5.02. The third-order valence-electron chi connectivity index (χ3n) is 5.04. The number of carbonyl (C=O) groups is 1. The summed E-state index contributed by atoms with van der Waals surface area (Å²) in [5.74, 6) is 0.656. The van der Waals surface area contributed by atoms with Crippen LogP contribution in [0.15, 0.2) is 54.9 Å².